The highest BCUT2D eigenvalue weighted by Gasteiger charge is 2.23. The quantitative estimate of drug-likeness (QED) is 0.638. The topological polar surface area (TPSA) is 32.3 Å². The summed E-state index contributed by atoms with van der Waals surface area (Å²) in [6, 6.07) is 9.17. The van der Waals surface area contributed by atoms with Crippen LogP contribution in [0, 0.1) is 3.57 Å². The summed E-state index contributed by atoms with van der Waals surface area (Å²) in [5, 5.41) is 13.7. The van der Waals surface area contributed by atoms with Crippen molar-refractivity contribution in [2.24, 2.45) is 0 Å². The lowest BCUT2D eigenvalue weighted by molar-refractivity contribution is 0.115. The summed E-state index contributed by atoms with van der Waals surface area (Å²) in [7, 11) is 0. The van der Waals surface area contributed by atoms with Crippen LogP contribution in [-0.4, -0.2) is 17.3 Å². The molecule has 3 unspecified atom stereocenters. The number of hydrogen-bond acceptors (Lipinski definition) is 2. The largest absolute Gasteiger partial charge is 0.392 e. The van der Waals surface area contributed by atoms with Crippen LogP contribution in [0.1, 0.15) is 50.6 Å². The first-order chi connectivity index (χ1) is 8.66. The normalized spacial score (nSPS) is 26.6. The number of hydrogen-bond donors (Lipinski definition) is 2. The number of rotatable bonds is 3. The second-order valence-corrected chi connectivity index (χ2v) is 6.50. The molecule has 100 valence electrons. The average molecular weight is 359 g/mol. The molecule has 18 heavy (non-hydrogen) atoms. The van der Waals surface area contributed by atoms with E-state index in [1.165, 1.54) is 22.0 Å². The Balaban J connectivity index is 1.97. The SMILES string of the molecule is CC(NC1CCCCCC1O)c1ccc(I)cc1. The predicted molar refractivity (Wildman–Crippen MR) is 83.6 cm³/mol. The molecule has 1 saturated carbocycles. The molecule has 0 spiro atoms. The second kappa shape index (κ2) is 6.87. The van der Waals surface area contributed by atoms with Crippen molar-refractivity contribution in [2.45, 2.75) is 57.2 Å². The van der Waals surface area contributed by atoms with Crippen LogP contribution in [0.15, 0.2) is 24.3 Å². The first kappa shape index (κ1) is 14.3. The minimum Gasteiger partial charge on any atom is -0.392 e. The predicted octanol–water partition coefficient (Wildman–Crippen LogP) is 3.64. The number of aliphatic hydroxyl groups excluding tert-OH is 1. The van der Waals surface area contributed by atoms with Crippen LogP contribution >= 0.6 is 22.6 Å². The number of aliphatic hydroxyl groups is 1. The lowest BCUT2D eigenvalue weighted by Gasteiger charge is -2.26. The van der Waals surface area contributed by atoms with Crippen LogP contribution in [0.2, 0.25) is 0 Å². The lowest BCUT2D eigenvalue weighted by atomic mass is 10.0. The molecular weight excluding hydrogens is 337 g/mol. The second-order valence-electron chi connectivity index (χ2n) is 5.25. The molecular formula is C15H22INO. The van der Waals surface area contributed by atoms with Gasteiger partial charge in [0.15, 0.2) is 0 Å². The van der Waals surface area contributed by atoms with Gasteiger partial charge in [-0.2, -0.15) is 0 Å². The molecule has 1 aliphatic carbocycles. The molecule has 3 atom stereocenters. The van der Waals surface area contributed by atoms with Gasteiger partial charge in [0.05, 0.1) is 6.10 Å². The van der Waals surface area contributed by atoms with Crippen molar-refractivity contribution in [1.29, 1.82) is 0 Å². The van der Waals surface area contributed by atoms with Gasteiger partial charge in [0.2, 0.25) is 0 Å². The number of nitrogens with one attached hydrogen (secondary N) is 1. The molecule has 0 aliphatic heterocycles. The molecule has 1 fully saturated rings. The van der Waals surface area contributed by atoms with Crippen molar-refractivity contribution < 1.29 is 5.11 Å². The van der Waals surface area contributed by atoms with Crippen LogP contribution in [0.25, 0.3) is 0 Å². The zero-order valence-corrected chi connectivity index (χ0v) is 13.1. The van der Waals surface area contributed by atoms with E-state index in [-0.39, 0.29) is 12.1 Å². The third-order valence-corrected chi connectivity index (χ3v) is 4.53. The zero-order valence-electron chi connectivity index (χ0n) is 10.9. The van der Waals surface area contributed by atoms with Gasteiger partial charge in [-0.1, -0.05) is 31.4 Å². The Bertz CT molecular complexity index is 365. The molecule has 1 aromatic carbocycles. The van der Waals surface area contributed by atoms with Gasteiger partial charge < -0.3 is 10.4 Å². The van der Waals surface area contributed by atoms with E-state index in [4.69, 9.17) is 0 Å². The van der Waals surface area contributed by atoms with Gasteiger partial charge in [-0.3, -0.25) is 0 Å². The molecule has 0 amide bonds. The van der Waals surface area contributed by atoms with Gasteiger partial charge in [0, 0.05) is 15.7 Å². The van der Waals surface area contributed by atoms with E-state index in [1.54, 1.807) is 0 Å². The van der Waals surface area contributed by atoms with Crippen molar-refractivity contribution in [3.05, 3.63) is 33.4 Å². The summed E-state index contributed by atoms with van der Waals surface area (Å²) in [5.74, 6) is 0. The molecule has 0 bridgehead atoms. The summed E-state index contributed by atoms with van der Waals surface area (Å²) in [6.45, 7) is 2.18. The first-order valence-corrected chi connectivity index (χ1v) is 7.94. The number of halogens is 1. The van der Waals surface area contributed by atoms with E-state index in [0.717, 1.165) is 19.3 Å². The Morgan fingerprint density at radius 2 is 1.83 bits per heavy atom. The molecule has 2 nitrogen and oxygen atoms in total. The van der Waals surface area contributed by atoms with Gasteiger partial charge in [-0.15, -0.1) is 0 Å². The maximum Gasteiger partial charge on any atom is 0.0693 e. The minimum absolute atomic E-state index is 0.182. The van der Waals surface area contributed by atoms with Crippen molar-refractivity contribution in [1.82, 2.24) is 5.32 Å². The van der Waals surface area contributed by atoms with E-state index >= 15 is 0 Å². The average Bonchev–Trinajstić information content (AvgIpc) is 2.56. The van der Waals surface area contributed by atoms with Gasteiger partial charge in [-0.25, -0.2) is 0 Å². The highest BCUT2D eigenvalue weighted by Crippen LogP contribution is 2.22. The van der Waals surface area contributed by atoms with Crippen molar-refractivity contribution in [3.63, 3.8) is 0 Å². The molecule has 2 rings (SSSR count). The highest BCUT2D eigenvalue weighted by atomic mass is 127. The van der Waals surface area contributed by atoms with Gasteiger partial charge in [-0.05, 0) is 60.1 Å². The molecule has 0 radical (unpaired) electrons. The first-order valence-electron chi connectivity index (χ1n) is 6.86. The molecule has 3 heteroatoms. The van der Waals surface area contributed by atoms with Gasteiger partial charge in [0.25, 0.3) is 0 Å². The van der Waals surface area contributed by atoms with E-state index in [9.17, 15) is 5.11 Å². The fourth-order valence-corrected chi connectivity index (χ4v) is 3.01. The van der Waals surface area contributed by atoms with Crippen LogP contribution in [-0.2, 0) is 0 Å². The Labute approximate surface area is 123 Å². The third-order valence-electron chi connectivity index (χ3n) is 3.81. The Hall–Kier alpha value is -0.130. The van der Waals surface area contributed by atoms with Crippen molar-refractivity contribution >= 4 is 22.6 Å². The molecule has 0 aromatic heterocycles. The molecule has 1 aliphatic rings. The van der Waals surface area contributed by atoms with E-state index < -0.39 is 0 Å². The zero-order chi connectivity index (χ0) is 13.0. The number of benzene rings is 1. The van der Waals surface area contributed by atoms with E-state index in [2.05, 4.69) is 59.1 Å². The van der Waals surface area contributed by atoms with Crippen molar-refractivity contribution in [3.8, 4) is 0 Å². The monoisotopic (exact) mass is 359 g/mol. The fourth-order valence-electron chi connectivity index (χ4n) is 2.65. The van der Waals surface area contributed by atoms with Gasteiger partial charge in [0.1, 0.15) is 0 Å². The summed E-state index contributed by atoms with van der Waals surface area (Å²) in [5.41, 5.74) is 1.30. The lowest BCUT2D eigenvalue weighted by Crippen LogP contribution is -2.40. The minimum atomic E-state index is -0.182. The molecule has 1 aromatic rings. The fraction of sp³-hybridized carbons (Fsp3) is 0.600. The van der Waals surface area contributed by atoms with Crippen LogP contribution in [0.3, 0.4) is 0 Å². The Morgan fingerprint density at radius 3 is 2.56 bits per heavy atom. The maximum absolute atomic E-state index is 10.1. The van der Waals surface area contributed by atoms with Crippen LogP contribution in [0.4, 0.5) is 0 Å². The standard InChI is InChI=1S/C15H22INO/c1-11(12-7-9-13(16)10-8-12)17-14-5-3-2-4-6-15(14)18/h7-11,14-15,17-18H,2-6H2,1H3. The Kier molecular flexibility index (Phi) is 5.45. The maximum atomic E-state index is 10.1. The summed E-state index contributed by atoms with van der Waals surface area (Å²) < 4.78 is 1.26. The van der Waals surface area contributed by atoms with Gasteiger partial charge >= 0.3 is 0 Å². The van der Waals surface area contributed by atoms with Crippen molar-refractivity contribution in [2.75, 3.05) is 0 Å². The molecule has 0 heterocycles. The van der Waals surface area contributed by atoms with E-state index in [1.807, 2.05) is 0 Å². The summed E-state index contributed by atoms with van der Waals surface area (Å²) >= 11 is 2.32. The molecule has 2 N–H and O–H groups in total. The summed E-state index contributed by atoms with van der Waals surface area (Å²) in [6.07, 6.45) is 5.50. The summed E-state index contributed by atoms with van der Waals surface area (Å²) in [4.78, 5) is 0. The third kappa shape index (κ3) is 3.93. The molecule has 0 saturated heterocycles. The van der Waals surface area contributed by atoms with Crippen LogP contribution < -0.4 is 5.32 Å². The van der Waals surface area contributed by atoms with Crippen LogP contribution in [0.5, 0.6) is 0 Å². The highest BCUT2D eigenvalue weighted by molar-refractivity contribution is 14.1. The smallest absolute Gasteiger partial charge is 0.0693 e. The Morgan fingerprint density at radius 1 is 1.17 bits per heavy atom. The van der Waals surface area contributed by atoms with E-state index in [0.29, 0.717) is 6.04 Å².